The second-order valence-electron chi connectivity index (χ2n) is 6.37. The van der Waals surface area contributed by atoms with Gasteiger partial charge in [-0.25, -0.2) is 0 Å². The Morgan fingerprint density at radius 3 is 2.47 bits per heavy atom. The Balaban J connectivity index is 1.94. The second kappa shape index (κ2) is 10.5. The van der Waals surface area contributed by atoms with Gasteiger partial charge in [0.15, 0.2) is 0 Å². The van der Waals surface area contributed by atoms with E-state index in [0.717, 1.165) is 0 Å². The summed E-state index contributed by atoms with van der Waals surface area (Å²) in [6.45, 7) is 3.48. The van der Waals surface area contributed by atoms with Gasteiger partial charge in [-0.1, -0.05) is 23.2 Å². The first-order valence-electron chi connectivity index (χ1n) is 8.75. The number of benzene rings is 1. The van der Waals surface area contributed by atoms with Gasteiger partial charge < -0.3 is 20.4 Å². The first-order chi connectivity index (χ1) is 14.2. The van der Waals surface area contributed by atoms with Crippen LogP contribution in [0.3, 0.4) is 0 Å². The predicted octanol–water partition coefficient (Wildman–Crippen LogP) is 3.27. The molecular formula is C20H18Cl2N4O4. The molecule has 0 saturated carbocycles. The highest BCUT2D eigenvalue weighted by molar-refractivity contribution is 6.42. The summed E-state index contributed by atoms with van der Waals surface area (Å²) in [5, 5.41) is 17.1. The molecule has 0 aliphatic carbocycles. The fourth-order valence-corrected chi connectivity index (χ4v) is 2.51. The Morgan fingerprint density at radius 2 is 1.83 bits per heavy atom. The first kappa shape index (κ1) is 23.0. The number of carbonyl (C=O) groups excluding carboxylic acids is 3. The smallest absolute Gasteiger partial charge is 0.313 e. The Morgan fingerprint density at radius 1 is 1.10 bits per heavy atom. The van der Waals surface area contributed by atoms with E-state index in [0.29, 0.717) is 16.5 Å². The summed E-state index contributed by atoms with van der Waals surface area (Å²) >= 11 is 11.7. The molecule has 0 unspecified atom stereocenters. The molecule has 30 heavy (non-hydrogen) atoms. The summed E-state index contributed by atoms with van der Waals surface area (Å²) in [6, 6.07) is 9.20. The maximum atomic E-state index is 12.0. The molecule has 8 nitrogen and oxygen atoms in total. The van der Waals surface area contributed by atoms with Crippen molar-refractivity contribution in [2.45, 2.75) is 26.4 Å². The number of nitriles is 1. The third kappa shape index (κ3) is 6.65. The lowest BCUT2D eigenvalue weighted by atomic mass is 10.2. The Kier molecular flexibility index (Phi) is 8.04. The molecule has 3 amide bonds. The minimum Gasteiger partial charge on any atom is -0.460 e. The summed E-state index contributed by atoms with van der Waals surface area (Å²) in [5.41, 5.74) is 0.202. The van der Waals surface area contributed by atoms with Gasteiger partial charge in [0.05, 0.1) is 16.6 Å². The number of furan rings is 1. The highest BCUT2D eigenvalue weighted by atomic mass is 35.5. The number of nitrogens with zero attached hydrogens (tertiary/aromatic N) is 1. The number of halogens is 2. The number of carbonyl (C=O) groups is 3. The number of hydrogen-bond acceptors (Lipinski definition) is 5. The van der Waals surface area contributed by atoms with Crippen molar-refractivity contribution in [1.82, 2.24) is 10.6 Å². The minimum absolute atomic E-state index is 0.0679. The summed E-state index contributed by atoms with van der Waals surface area (Å²) in [7, 11) is 0. The molecule has 10 heteroatoms. The molecule has 1 heterocycles. The normalized spacial score (nSPS) is 11.0. The quantitative estimate of drug-likeness (QED) is 0.355. The molecule has 3 N–H and O–H groups in total. The standard InChI is InChI=1S/C20H18Cl2N4O4/c1-11(2)25-18(27)12(9-23)7-14-4-5-15(30-14)10-24-19(28)20(29)26-13-3-6-16(21)17(22)8-13/h3-8,11H,10H2,1-2H3,(H,24,28)(H,25,27)(H,26,29)/b12-7-. The Labute approximate surface area is 182 Å². The van der Waals surface area contributed by atoms with Gasteiger partial charge in [-0.2, -0.15) is 5.26 Å². The van der Waals surface area contributed by atoms with Crippen LogP contribution in [0.4, 0.5) is 5.69 Å². The average Bonchev–Trinajstić information content (AvgIpc) is 3.13. The van der Waals surface area contributed by atoms with E-state index in [-0.39, 0.29) is 28.9 Å². The van der Waals surface area contributed by atoms with E-state index >= 15 is 0 Å². The van der Waals surface area contributed by atoms with Gasteiger partial charge in [0.25, 0.3) is 5.91 Å². The molecule has 0 atom stereocenters. The molecule has 1 aromatic heterocycles. The lowest BCUT2D eigenvalue weighted by molar-refractivity contribution is -0.136. The summed E-state index contributed by atoms with van der Waals surface area (Å²) in [6.07, 6.45) is 1.29. The Bertz CT molecular complexity index is 1040. The van der Waals surface area contributed by atoms with Gasteiger partial charge in [-0.05, 0) is 44.2 Å². The molecule has 2 aromatic rings. The van der Waals surface area contributed by atoms with Crippen molar-refractivity contribution in [1.29, 1.82) is 5.26 Å². The third-order valence-corrected chi connectivity index (χ3v) is 4.30. The maximum absolute atomic E-state index is 12.0. The molecule has 0 aliphatic heterocycles. The van der Waals surface area contributed by atoms with Crippen LogP contribution >= 0.6 is 23.2 Å². The highest BCUT2D eigenvalue weighted by Crippen LogP contribution is 2.24. The Hall–Kier alpha value is -3.28. The lowest BCUT2D eigenvalue weighted by Gasteiger charge is -2.07. The topological polar surface area (TPSA) is 124 Å². The zero-order valence-electron chi connectivity index (χ0n) is 16.1. The van der Waals surface area contributed by atoms with Crippen molar-refractivity contribution in [3.63, 3.8) is 0 Å². The summed E-state index contributed by atoms with van der Waals surface area (Å²) in [5.74, 6) is -1.70. The summed E-state index contributed by atoms with van der Waals surface area (Å²) in [4.78, 5) is 35.8. The molecule has 0 spiro atoms. The summed E-state index contributed by atoms with van der Waals surface area (Å²) < 4.78 is 5.46. The zero-order valence-corrected chi connectivity index (χ0v) is 17.6. The second-order valence-corrected chi connectivity index (χ2v) is 7.18. The van der Waals surface area contributed by atoms with Crippen LogP contribution in [-0.2, 0) is 20.9 Å². The van der Waals surface area contributed by atoms with E-state index in [4.69, 9.17) is 32.9 Å². The van der Waals surface area contributed by atoms with Crippen molar-refractivity contribution in [2.24, 2.45) is 0 Å². The molecule has 156 valence electrons. The van der Waals surface area contributed by atoms with E-state index in [1.807, 2.05) is 6.07 Å². The first-order valence-corrected chi connectivity index (χ1v) is 9.50. The van der Waals surface area contributed by atoms with Crippen LogP contribution in [0.1, 0.15) is 25.4 Å². The van der Waals surface area contributed by atoms with Crippen molar-refractivity contribution < 1.29 is 18.8 Å². The van der Waals surface area contributed by atoms with Crippen molar-refractivity contribution in [3.05, 3.63) is 57.5 Å². The SMILES string of the molecule is CC(C)NC(=O)/C(C#N)=C\c1ccc(CNC(=O)C(=O)Nc2ccc(Cl)c(Cl)c2)o1. The van der Waals surface area contributed by atoms with Crippen LogP contribution in [0.15, 0.2) is 40.3 Å². The minimum atomic E-state index is -0.891. The van der Waals surface area contributed by atoms with Gasteiger partial charge in [0.1, 0.15) is 23.2 Å². The third-order valence-electron chi connectivity index (χ3n) is 3.56. The van der Waals surface area contributed by atoms with Crippen LogP contribution in [-0.4, -0.2) is 23.8 Å². The van der Waals surface area contributed by atoms with E-state index in [2.05, 4.69) is 16.0 Å². The van der Waals surface area contributed by atoms with Crippen molar-refractivity contribution >= 4 is 52.7 Å². The van der Waals surface area contributed by atoms with Crippen LogP contribution < -0.4 is 16.0 Å². The monoisotopic (exact) mass is 448 g/mol. The van der Waals surface area contributed by atoms with Gasteiger partial charge >= 0.3 is 11.8 Å². The van der Waals surface area contributed by atoms with E-state index in [1.54, 1.807) is 19.9 Å². The molecule has 1 aromatic carbocycles. The van der Waals surface area contributed by atoms with Crippen LogP contribution in [0, 0.1) is 11.3 Å². The van der Waals surface area contributed by atoms with Gasteiger partial charge in [0, 0.05) is 17.8 Å². The van der Waals surface area contributed by atoms with E-state index in [9.17, 15) is 14.4 Å². The molecule has 2 rings (SSSR count). The largest absolute Gasteiger partial charge is 0.460 e. The number of anilines is 1. The molecule has 0 aliphatic rings. The van der Waals surface area contributed by atoms with Crippen molar-refractivity contribution in [2.75, 3.05) is 5.32 Å². The van der Waals surface area contributed by atoms with Crippen LogP contribution in [0.25, 0.3) is 6.08 Å². The molecule has 0 fully saturated rings. The molecule has 0 radical (unpaired) electrons. The van der Waals surface area contributed by atoms with Crippen LogP contribution in [0.5, 0.6) is 0 Å². The molecular weight excluding hydrogens is 431 g/mol. The van der Waals surface area contributed by atoms with Crippen LogP contribution in [0.2, 0.25) is 10.0 Å². The number of rotatable bonds is 6. The lowest BCUT2D eigenvalue weighted by Crippen LogP contribution is -2.34. The fourth-order valence-electron chi connectivity index (χ4n) is 2.21. The number of amides is 3. The van der Waals surface area contributed by atoms with Gasteiger partial charge in [-0.15, -0.1) is 0 Å². The van der Waals surface area contributed by atoms with E-state index in [1.165, 1.54) is 30.3 Å². The maximum Gasteiger partial charge on any atom is 0.313 e. The van der Waals surface area contributed by atoms with Gasteiger partial charge in [-0.3, -0.25) is 14.4 Å². The van der Waals surface area contributed by atoms with E-state index < -0.39 is 17.7 Å². The zero-order chi connectivity index (χ0) is 22.3. The number of nitrogens with one attached hydrogen (secondary N) is 3. The predicted molar refractivity (Wildman–Crippen MR) is 113 cm³/mol. The molecule has 0 saturated heterocycles. The number of hydrogen-bond donors (Lipinski definition) is 3. The highest BCUT2D eigenvalue weighted by Gasteiger charge is 2.15. The fraction of sp³-hybridized carbons (Fsp3) is 0.200. The van der Waals surface area contributed by atoms with Crippen molar-refractivity contribution in [3.8, 4) is 6.07 Å². The van der Waals surface area contributed by atoms with Gasteiger partial charge in [0.2, 0.25) is 0 Å². The average molecular weight is 449 g/mol. The molecule has 0 bridgehead atoms.